The van der Waals surface area contributed by atoms with Crippen molar-refractivity contribution in [3.05, 3.63) is 59.2 Å². The molecule has 0 spiro atoms. The SMILES string of the molecule is COc1ccc(CC(=O)NNC(=O)[C@H](C)Oc2c(C)cccc2C)cc1. The van der Waals surface area contributed by atoms with E-state index in [1.54, 1.807) is 38.3 Å². The smallest absolute Gasteiger partial charge is 0.279 e. The minimum Gasteiger partial charge on any atom is -0.497 e. The fourth-order valence-corrected chi connectivity index (χ4v) is 2.42. The van der Waals surface area contributed by atoms with E-state index in [4.69, 9.17) is 9.47 Å². The molecular weight excluding hydrogens is 332 g/mol. The van der Waals surface area contributed by atoms with Crippen molar-refractivity contribution in [2.24, 2.45) is 0 Å². The summed E-state index contributed by atoms with van der Waals surface area (Å²) in [6.07, 6.45) is -0.591. The second kappa shape index (κ2) is 8.89. The van der Waals surface area contributed by atoms with Gasteiger partial charge in [0.25, 0.3) is 5.91 Å². The van der Waals surface area contributed by atoms with E-state index in [1.165, 1.54) is 0 Å². The number of nitrogens with one attached hydrogen (secondary N) is 2. The maximum atomic E-state index is 12.1. The Kier molecular flexibility index (Phi) is 6.60. The molecule has 2 N–H and O–H groups in total. The molecule has 0 fully saturated rings. The molecule has 0 radical (unpaired) electrons. The van der Waals surface area contributed by atoms with Crippen LogP contribution < -0.4 is 20.3 Å². The summed E-state index contributed by atoms with van der Waals surface area (Å²) in [4.78, 5) is 24.1. The summed E-state index contributed by atoms with van der Waals surface area (Å²) in [5, 5.41) is 0. The van der Waals surface area contributed by atoms with Crippen LogP contribution in [0.1, 0.15) is 23.6 Å². The van der Waals surface area contributed by atoms with Gasteiger partial charge >= 0.3 is 0 Å². The molecule has 2 amide bonds. The predicted octanol–water partition coefficient (Wildman–Crippen LogP) is 2.47. The summed E-state index contributed by atoms with van der Waals surface area (Å²) in [6, 6.07) is 12.9. The van der Waals surface area contributed by atoms with Crippen LogP contribution in [0.4, 0.5) is 0 Å². The molecule has 0 bridgehead atoms. The lowest BCUT2D eigenvalue weighted by molar-refractivity contribution is -0.132. The van der Waals surface area contributed by atoms with Crippen molar-refractivity contribution in [3.63, 3.8) is 0 Å². The average molecular weight is 356 g/mol. The van der Waals surface area contributed by atoms with Crippen LogP contribution in [0.25, 0.3) is 0 Å². The van der Waals surface area contributed by atoms with Gasteiger partial charge in [-0.15, -0.1) is 0 Å². The van der Waals surface area contributed by atoms with Crippen LogP contribution in [0.15, 0.2) is 42.5 Å². The van der Waals surface area contributed by atoms with Crippen molar-refractivity contribution in [1.82, 2.24) is 10.9 Å². The van der Waals surface area contributed by atoms with E-state index in [2.05, 4.69) is 10.9 Å². The highest BCUT2D eigenvalue weighted by atomic mass is 16.5. The van der Waals surface area contributed by atoms with Crippen molar-refractivity contribution in [2.45, 2.75) is 33.3 Å². The highest BCUT2D eigenvalue weighted by Crippen LogP contribution is 2.23. The third kappa shape index (κ3) is 5.24. The van der Waals surface area contributed by atoms with E-state index in [9.17, 15) is 9.59 Å². The molecule has 2 aromatic rings. The van der Waals surface area contributed by atoms with Crippen LogP contribution in [-0.4, -0.2) is 25.0 Å². The molecule has 0 aliphatic carbocycles. The van der Waals surface area contributed by atoms with Gasteiger partial charge in [0.2, 0.25) is 5.91 Å². The van der Waals surface area contributed by atoms with Crippen LogP contribution >= 0.6 is 0 Å². The minimum absolute atomic E-state index is 0.149. The first-order chi connectivity index (χ1) is 12.4. The highest BCUT2D eigenvalue weighted by Gasteiger charge is 2.17. The molecule has 6 heteroatoms. The number of para-hydroxylation sites is 1. The molecule has 6 nitrogen and oxygen atoms in total. The number of amides is 2. The van der Waals surface area contributed by atoms with Crippen LogP contribution in [0, 0.1) is 13.8 Å². The average Bonchev–Trinajstić information content (AvgIpc) is 2.63. The minimum atomic E-state index is -0.740. The number of hydrazine groups is 1. The molecule has 2 rings (SSSR count). The summed E-state index contributed by atoms with van der Waals surface area (Å²) < 4.78 is 10.8. The molecule has 0 saturated heterocycles. The van der Waals surface area contributed by atoms with Gasteiger partial charge in [0, 0.05) is 0 Å². The second-order valence-corrected chi connectivity index (χ2v) is 6.04. The van der Waals surface area contributed by atoms with Crippen molar-refractivity contribution >= 4 is 11.8 Å². The van der Waals surface area contributed by atoms with Crippen molar-refractivity contribution < 1.29 is 19.1 Å². The van der Waals surface area contributed by atoms with Crippen molar-refractivity contribution in [1.29, 1.82) is 0 Å². The van der Waals surface area contributed by atoms with Gasteiger partial charge in [-0.25, -0.2) is 0 Å². The predicted molar refractivity (Wildman–Crippen MR) is 99.0 cm³/mol. The zero-order valence-electron chi connectivity index (χ0n) is 15.5. The zero-order valence-corrected chi connectivity index (χ0v) is 15.5. The van der Waals surface area contributed by atoms with Gasteiger partial charge in [-0.1, -0.05) is 30.3 Å². The molecule has 26 heavy (non-hydrogen) atoms. The number of carbonyl (C=O) groups excluding carboxylic acids is 2. The summed E-state index contributed by atoms with van der Waals surface area (Å²) in [6.45, 7) is 5.48. The first-order valence-corrected chi connectivity index (χ1v) is 8.35. The number of methoxy groups -OCH3 is 1. The van der Waals surface area contributed by atoms with Crippen molar-refractivity contribution in [2.75, 3.05) is 7.11 Å². The van der Waals surface area contributed by atoms with Crippen molar-refractivity contribution in [3.8, 4) is 11.5 Å². The van der Waals surface area contributed by atoms with Crippen LogP contribution in [-0.2, 0) is 16.0 Å². The van der Waals surface area contributed by atoms with Gasteiger partial charge in [-0.2, -0.15) is 0 Å². The fraction of sp³-hybridized carbons (Fsp3) is 0.300. The van der Waals surface area contributed by atoms with E-state index >= 15 is 0 Å². The highest BCUT2D eigenvalue weighted by molar-refractivity contribution is 5.85. The lowest BCUT2D eigenvalue weighted by Crippen LogP contribution is -2.47. The Morgan fingerprint density at radius 3 is 2.19 bits per heavy atom. The van der Waals surface area contributed by atoms with Gasteiger partial charge in [0.1, 0.15) is 11.5 Å². The Morgan fingerprint density at radius 1 is 1.00 bits per heavy atom. The number of benzene rings is 2. The molecule has 0 aliphatic rings. The maximum Gasteiger partial charge on any atom is 0.279 e. The molecule has 0 heterocycles. The molecule has 2 aromatic carbocycles. The Labute approximate surface area is 153 Å². The molecule has 0 aliphatic heterocycles. The molecule has 0 unspecified atom stereocenters. The standard InChI is InChI=1S/C20H24N2O4/c1-13-6-5-7-14(2)19(13)26-15(3)20(24)22-21-18(23)12-16-8-10-17(25-4)11-9-16/h5-11,15H,12H2,1-4H3,(H,21,23)(H,22,24)/t15-/m0/s1. The first kappa shape index (κ1) is 19.3. The number of rotatable bonds is 6. The molecule has 0 saturated carbocycles. The van der Waals surface area contributed by atoms with Gasteiger partial charge in [-0.3, -0.25) is 20.4 Å². The zero-order chi connectivity index (χ0) is 19.1. The van der Waals surface area contributed by atoms with Crippen LogP contribution in [0.5, 0.6) is 11.5 Å². The second-order valence-electron chi connectivity index (χ2n) is 6.04. The third-order valence-electron chi connectivity index (χ3n) is 3.92. The van der Waals surface area contributed by atoms with Gasteiger partial charge < -0.3 is 9.47 Å². The number of hydrogen-bond acceptors (Lipinski definition) is 4. The largest absolute Gasteiger partial charge is 0.497 e. The van der Waals surface area contributed by atoms with Gasteiger partial charge in [-0.05, 0) is 49.6 Å². The topological polar surface area (TPSA) is 76.7 Å². The van der Waals surface area contributed by atoms with E-state index in [0.717, 1.165) is 22.4 Å². The summed E-state index contributed by atoms with van der Waals surface area (Å²) >= 11 is 0. The summed E-state index contributed by atoms with van der Waals surface area (Å²) in [5.41, 5.74) is 7.52. The number of aryl methyl sites for hydroxylation is 2. The van der Waals surface area contributed by atoms with Gasteiger partial charge in [0.15, 0.2) is 6.10 Å². The number of hydrogen-bond donors (Lipinski definition) is 2. The summed E-state index contributed by atoms with van der Waals surface area (Å²) in [5.74, 6) is 0.665. The Bertz CT molecular complexity index is 752. The quantitative estimate of drug-likeness (QED) is 0.780. The molecule has 0 aromatic heterocycles. The molecule has 1 atom stereocenters. The molecular formula is C20H24N2O4. The van der Waals surface area contributed by atoms with E-state index in [1.807, 2.05) is 32.0 Å². The lowest BCUT2D eigenvalue weighted by Gasteiger charge is -2.18. The fourth-order valence-electron chi connectivity index (χ4n) is 2.42. The van der Waals surface area contributed by atoms with Crippen LogP contribution in [0.3, 0.4) is 0 Å². The molecule has 138 valence electrons. The Hall–Kier alpha value is -3.02. The number of carbonyl (C=O) groups is 2. The maximum absolute atomic E-state index is 12.1. The summed E-state index contributed by atoms with van der Waals surface area (Å²) in [7, 11) is 1.58. The number of ether oxygens (including phenoxy) is 2. The van der Waals surface area contributed by atoms with E-state index in [0.29, 0.717) is 5.75 Å². The third-order valence-corrected chi connectivity index (χ3v) is 3.92. The van der Waals surface area contributed by atoms with E-state index < -0.39 is 12.0 Å². The van der Waals surface area contributed by atoms with Crippen LogP contribution in [0.2, 0.25) is 0 Å². The van der Waals surface area contributed by atoms with Gasteiger partial charge in [0.05, 0.1) is 13.5 Å². The first-order valence-electron chi connectivity index (χ1n) is 8.35. The normalized spacial score (nSPS) is 11.4. The monoisotopic (exact) mass is 356 g/mol. The Morgan fingerprint density at radius 2 is 1.62 bits per heavy atom. The lowest BCUT2D eigenvalue weighted by atomic mass is 10.1. The Balaban J connectivity index is 1.84. The van der Waals surface area contributed by atoms with E-state index in [-0.39, 0.29) is 12.3 Å².